The molecule has 2 aliphatic rings. The van der Waals surface area contributed by atoms with Crippen LogP contribution in [0.5, 0.6) is 0 Å². The highest BCUT2D eigenvalue weighted by atomic mass is 16.5. The van der Waals surface area contributed by atoms with Crippen molar-refractivity contribution in [3.05, 3.63) is 34.9 Å². The molecular weight excluding hydrogens is 298 g/mol. The molecule has 3 nitrogen and oxygen atoms in total. The van der Waals surface area contributed by atoms with Gasteiger partial charge in [-0.05, 0) is 54.7 Å². The van der Waals surface area contributed by atoms with E-state index in [1.807, 2.05) is 0 Å². The van der Waals surface area contributed by atoms with Crippen LogP contribution in [0.15, 0.2) is 18.2 Å². The number of aliphatic hydroxyl groups is 1. The van der Waals surface area contributed by atoms with Crippen molar-refractivity contribution in [1.29, 1.82) is 0 Å². The van der Waals surface area contributed by atoms with Crippen LogP contribution in [0.3, 0.4) is 0 Å². The summed E-state index contributed by atoms with van der Waals surface area (Å²) >= 11 is 0. The predicted octanol–water partition coefficient (Wildman–Crippen LogP) is 4.06. The number of hydrogen-bond donors (Lipinski definition) is 2. The lowest BCUT2D eigenvalue weighted by Crippen LogP contribution is -2.40. The SMILES string of the molecule is CCCCCC[C@H]1Cc2ccc([C@H]3CC[C@](N)(CO)C3)cc2CO1. The molecule has 0 saturated heterocycles. The molecule has 1 aliphatic heterocycles. The molecule has 0 radical (unpaired) electrons. The van der Waals surface area contributed by atoms with E-state index in [1.165, 1.54) is 48.8 Å². The molecule has 1 saturated carbocycles. The van der Waals surface area contributed by atoms with Crippen LogP contribution < -0.4 is 5.73 Å². The fraction of sp³-hybridized carbons (Fsp3) is 0.714. The second-order valence-electron chi connectivity index (χ2n) is 7.97. The van der Waals surface area contributed by atoms with Gasteiger partial charge in [-0.25, -0.2) is 0 Å². The number of nitrogens with two attached hydrogens (primary N) is 1. The third-order valence-electron chi connectivity index (χ3n) is 5.96. The van der Waals surface area contributed by atoms with Crippen molar-refractivity contribution in [3.63, 3.8) is 0 Å². The van der Waals surface area contributed by atoms with Gasteiger partial charge >= 0.3 is 0 Å². The third kappa shape index (κ3) is 4.19. The van der Waals surface area contributed by atoms with Crippen molar-refractivity contribution in [3.8, 4) is 0 Å². The van der Waals surface area contributed by atoms with Gasteiger partial charge in [-0.15, -0.1) is 0 Å². The molecule has 0 unspecified atom stereocenters. The number of aliphatic hydroxyl groups excluding tert-OH is 1. The lowest BCUT2D eigenvalue weighted by atomic mass is 9.89. The van der Waals surface area contributed by atoms with Crippen LogP contribution in [-0.2, 0) is 17.8 Å². The minimum absolute atomic E-state index is 0.0945. The van der Waals surface area contributed by atoms with Crippen LogP contribution in [0.4, 0.5) is 0 Å². The molecule has 134 valence electrons. The molecular formula is C21H33NO2. The summed E-state index contributed by atoms with van der Waals surface area (Å²) in [5, 5.41) is 9.47. The smallest absolute Gasteiger partial charge is 0.0723 e. The maximum atomic E-state index is 9.47. The van der Waals surface area contributed by atoms with E-state index >= 15 is 0 Å². The molecule has 1 aromatic carbocycles. The van der Waals surface area contributed by atoms with Crippen LogP contribution in [0.2, 0.25) is 0 Å². The number of hydrogen-bond acceptors (Lipinski definition) is 3. The molecule has 3 N–H and O–H groups in total. The normalized spacial score (nSPS) is 29.6. The molecule has 0 spiro atoms. The number of benzene rings is 1. The topological polar surface area (TPSA) is 55.5 Å². The highest BCUT2D eigenvalue weighted by Crippen LogP contribution is 2.40. The van der Waals surface area contributed by atoms with Gasteiger partial charge in [0, 0.05) is 5.54 Å². The lowest BCUT2D eigenvalue weighted by Gasteiger charge is -2.27. The van der Waals surface area contributed by atoms with Gasteiger partial charge in [0.25, 0.3) is 0 Å². The first-order chi connectivity index (χ1) is 11.6. The van der Waals surface area contributed by atoms with E-state index in [0.29, 0.717) is 12.0 Å². The van der Waals surface area contributed by atoms with Gasteiger partial charge in [0.2, 0.25) is 0 Å². The van der Waals surface area contributed by atoms with Crippen molar-refractivity contribution in [1.82, 2.24) is 0 Å². The van der Waals surface area contributed by atoms with Crippen molar-refractivity contribution < 1.29 is 9.84 Å². The molecule has 0 aromatic heterocycles. The molecule has 1 aromatic rings. The van der Waals surface area contributed by atoms with E-state index < -0.39 is 0 Å². The summed E-state index contributed by atoms with van der Waals surface area (Å²) in [6.45, 7) is 3.10. The summed E-state index contributed by atoms with van der Waals surface area (Å²) in [5.41, 5.74) is 10.1. The summed E-state index contributed by atoms with van der Waals surface area (Å²) in [6, 6.07) is 6.92. The van der Waals surface area contributed by atoms with Crippen LogP contribution in [-0.4, -0.2) is 23.4 Å². The Balaban J connectivity index is 1.58. The summed E-state index contributed by atoms with van der Waals surface area (Å²) in [6.07, 6.45) is 10.8. The maximum Gasteiger partial charge on any atom is 0.0723 e. The standard InChI is InChI=1S/C21H33NO2/c1-2-3-4-5-6-20-12-17-8-7-16(11-19(17)14-24-20)18-9-10-21(22,13-18)15-23/h7-8,11,18,20,23H,2-6,9-10,12-15,22H2,1H3/t18-,20-,21+/m0/s1. The Morgan fingerprint density at radius 3 is 2.88 bits per heavy atom. The average Bonchev–Trinajstić information content (AvgIpc) is 3.01. The second kappa shape index (κ2) is 7.99. The zero-order chi connectivity index (χ0) is 17.0. The fourth-order valence-corrected chi connectivity index (χ4v) is 4.31. The van der Waals surface area contributed by atoms with Crippen LogP contribution in [0.25, 0.3) is 0 Å². The Morgan fingerprint density at radius 1 is 1.25 bits per heavy atom. The Morgan fingerprint density at radius 2 is 2.12 bits per heavy atom. The second-order valence-corrected chi connectivity index (χ2v) is 7.97. The Kier molecular flexibility index (Phi) is 5.96. The van der Waals surface area contributed by atoms with Gasteiger partial charge in [0.15, 0.2) is 0 Å². The summed E-state index contributed by atoms with van der Waals surface area (Å²) in [4.78, 5) is 0. The zero-order valence-corrected chi connectivity index (χ0v) is 15.1. The Labute approximate surface area is 146 Å². The lowest BCUT2D eigenvalue weighted by molar-refractivity contribution is 0.0216. The average molecular weight is 332 g/mol. The predicted molar refractivity (Wildman–Crippen MR) is 98.1 cm³/mol. The van der Waals surface area contributed by atoms with E-state index in [9.17, 15) is 5.11 Å². The van der Waals surface area contributed by atoms with Crippen molar-refractivity contribution in [2.24, 2.45) is 5.73 Å². The first-order valence-electron chi connectivity index (χ1n) is 9.76. The highest BCUT2D eigenvalue weighted by Gasteiger charge is 2.36. The van der Waals surface area contributed by atoms with Gasteiger partial charge in [-0.3, -0.25) is 0 Å². The molecule has 24 heavy (non-hydrogen) atoms. The molecule has 3 heteroatoms. The summed E-state index contributed by atoms with van der Waals surface area (Å²) < 4.78 is 6.10. The summed E-state index contributed by atoms with van der Waals surface area (Å²) in [5.74, 6) is 0.485. The molecule has 1 fully saturated rings. The number of rotatable bonds is 7. The molecule has 3 atom stereocenters. The monoisotopic (exact) mass is 331 g/mol. The molecule has 0 bridgehead atoms. The highest BCUT2D eigenvalue weighted by molar-refractivity contribution is 5.36. The molecule has 0 amide bonds. The van der Waals surface area contributed by atoms with E-state index in [1.54, 1.807) is 0 Å². The number of ether oxygens (including phenoxy) is 1. The number of unbranched alkanes of at least 4 members (excludes halogenated alkanes) is 3. The maximum absolute atomic E-state index is 9.47. The van der Waals surface area contributed by atoms with E-state index in [4.69, 9.17) is 10.5 Å². The van der Waals surface area contributed by atoms with E-state index in [2.05, 4.69) is 25.1 Å². The Bertz CT molecular complexity index is 545. The van der Waals surface area contributed by atoms with Crippen molar-refractivity contribution in [2.75, 3.05) is 6.61 Å². The number of fused-ring (bicyclic) bond motifs is 1. The van der Waals surface area contributed by atoms with Crippen molar-refractivity contribution in [2.45, 2.75) is 88.9 Å². The van der Waals surface area contributed by atoms with Crippen LogP contribution in [0.1, 0.15) is 80.9 Å². The summed E-state index contributed by atoms with van der Waals surface area (Å²) in [7, 11) is 0. The van der Waals surface area contributed by atoms with Gasteiger partial charge in [0.1, 0.15) is 0 Å². The Hall–Kier alpha value is -0.900. The first-order valence-corrected chi connectivity index (χ1v) is 9.76. The van der Waals surface area contributed by atoms with Gasteiger partial charge in [-0.1, -0.05) is 50.8 Å². The van der Waals surface area contributed by atoms with Crippen LogP contribution >= 0.6 is 0 Å². The van der Waals surface area contributed by atoms with Gasteiger partial charge < -0.3 is 15.6 Å². The molecule has 1 aliphatic carbocycles. The van der Waals surface area contributed by atoms with E-state index in [0.717, 1.165) is 32.3 Å². The van der Waals surface area contributed by atoms with Gasteiger partial charge in [0.05, 0.1) is 19.3 Å². The minimum Gasteiger partial charge on any atom is -0.394 e. The largest absolute Gasteiger partial charge is 0.394 e. The van der Waals surface area contributed by atoms with Crippen LogP contribution in [0, 0.1) is 0 Å². The first kappa shape index (κ1) is 17.9. The van der Waals surface area contributed by atoms with Gasteiger partial charge in [-0.2, -0.15) is 0 Å². The van der Waals surface area contributed by atoms with Crippen molar-refractivity contribution >= 4 is 0 Å². The van der Waals surface area contributed by atoms with E-state index in [-0.39, 0.29) is 12.1 Å². The minimum atomic E-state index is -0.374. The molecule has 3 rings (SSSR count). The molecule has 1 heterocycles. The third-order valence-corrected chi connectivity index (χ3v) is 5.96. The zero-order valence-electron chi connectivity index (χ0n) is 15.1. The quantitative estimate of drug-likeness (QED) is 0.741. The fourth-order valence-electron chi connectivity index (χ4n) is 4.31.